The van der Waals surface area contributed by atoms with Crippen LogP contribution in [0.2, 0.25) is 0 Å². The number of aromatic nitrogens is 3. The van der Waals surface area contributed by atoms with Crippen LogP contribution in [-0.4, -0.2) is 54.2 Å². The summed E-state index contributed by atoms with van der Waals surface area (Å²) in [5, 5.41) is 2.98. The summed E-state index contributed by atoms with van der Waals surface area (Å²) in [7, 11) is 1.82. The van der Waals surface area contributed by atoms with E-state index in [1.807, 2.05) is 24.6 Å². The number of carbonyl (C=O) groups is 1. The quantitative estimate of drug-likeness (QED) is 0.438. The van der Waals surface area contributed by atoms with Crippen molar-refractivity contribution in [2.75, 3.05) is 43.2 Å². The van der Waals surface area contributed by atoms with Crippen molar-refractivity contribution in [3.63, 3.8) is 0 Å². The Kier molecular flexibility index (Phi) is 5.62. The first kappa shape index (κ1) is 21.0. The Balaban J connectivity index is 1.72. The van der Waals surface area contributed by atoms with Crippen LogP contribution in [0.5, 0.6) is 0 Å². The van der Waals surface area contributed by atoms with Crippen LogP contribution < -0.4 is 9.80 Å². The molecular weight excluding hydrogens is 442 g/mol. The van der Waals surface area contributed by atoms with Crippen LogP contribution in [0.1, 0.15) is 12.5 Å². The molecule has 1 aliphatic rings. The lowest BCUT2D eigenvalue weighted by Crippen LogP contribution is -2.36. The highest BCUT2D eigenvalue weighted by Crippen LogP contribution is 2.46. The van der Waals surface area contributed by atoms with Gasteiger partial charge in [-0.15, -0.1) is 22.7 Å². The van der Waals surface area contributed by atoms with Crippen molar-refractivity contribution in [2.24, 2.45) is 0 Å². The number of nitrogens with zero attached hydrogens (tertiary/aromatic N) is 5. The number of carbonyl (C=O) groups excluding carboxylic acids is 1. The van der Waals surface area contributed by atoms with Gasteiger partial charge in [-0.05, 0) is 36.1 Å². The molecule has 1 saturated heterocycles. The molecule has 9 heteroatoms. The SMILES string of the molecule is CC(=O)N(C)c1sccc1-c1sc2c(N3CCOCC3)nc(-c3cccnc3)nc2c1C. The molecule has 164 valence electrons. The zero-order chi connectivity index (χ0) is 22.2. The lowest BCUT2D eigenvalue weighted by atomic mass is 10.1. The summed E-state index contributed by atoms with van der Waals surface area (Å²) in [5.41, 5.74) is 4.00. The normalized spacial score (nSPS) is 14.2. The van der Waals surface area contributed by atoms with E-state index in [0.717, 1.165) is 55.7 Å². The number of ether oxygens (including phenoxy) is 1. The van der Waals surface area contributed by atoms with Gasteiger partial charge in [0.15, 0.2) is 11.6 Å². The standard InChI is InChI=1S/C23H23N5O2S2/c1-14-18-20(32-19(14)17-6-12-31-23(17)27(3)15(2)29)22(28-8-10-30-11-9-28)26-21(25-18)16-5-4-7-24-13-16/h4-7,12-13H,8-11H2,1-3H3. The second kappa shape index (κ2) is 8.57. The van der Waals surface area contributed by atoms with Gasteiger partial charge in [0, 0.05) is 55.5 Å². The van der Waals surface area contributed by atoms with Crippen molar-refractivity contribution in [1.82, 2.24) is 15.0 Å². The van der Waals surface area contributed by atoms with E-state index in [0.29, 0.717) is 19.0 Å². The Morgan fingerprint density at radius 1 is 1.22 bits per heavy atom. The zero-order valence-corrected chi connectivity index (χ0v) is 19.8. The van der Waals surface area contributed by atoms with Crippen LogP contribution in [0.15, 0.2) is 36.0 Å². The minimum Gasteiger partial charge on any atom is -0.378 e. The molecule has 0 aliphatic carbocycles. The predicted octanol–water partition coefficient (Wildman–Crippen LogP) is 4.61. The van der Waals surface area contributed by atoms with Crippen LogP contribution in [0.25, 0.3) is 32.0 Å². The summed E-state index contributed by atoms with van der Waals surface area (Å²) in [6.07, 6.45) is 3.55. The third kappa shape index (κ3) is 3.66. The molecule has 5 heterocycles. The summed E-state index contributed by atoms with van der Waals surface area (Å²) >= 11 is 3.27. The van der Waals surface area contributed by atoms with Gasteiger partial charge in [0.1, 0.15) is 5.00 Å². The first-order valence-corrected chi connectivity index (χ1v) is 12.1. The monoisotopic (exact) mass is 465 g/mol. The maximum absolute atomic E-state index is 12.0. The van der Waals surface area contributed by atoms with Gasteiger partial charge in [0.25, 0.3) is 0 Å². The Bertz CT molecular complexity index is 1280. The van der Waals surface area contributed by atoms with Gasteiger partial charge in [0.05, 0.1) is 23.4 Å². The molecular formula is C23H23N5O2S2. The first-order chi connectivity index (χ1) is 15.5. The average Bonchev–Trinajstić information content (AvgIpc) is 3.43. The third-order valence-electron chi connectivity index (χ3n) is 5.64. The van der Waals surface area contributed by atoms with Gasteiger partial charge in [-0.3, -0.25) is 9.78 Å². The number of pyridine rings is 1. The number of hydrogen-bond donors (Lipinski definition) is 0. The second-order valence-electron chi connectivity index (χ2n) is 7.66. The Morgan fingerprint density at radius 2 is 2.03 bits per heavy atom. The Labute approximate surface area is 194 Å². The number of morpholine rings is 1. The third-order valence-corrected chi connectivity index (χ3v) is 7.94. The fourth-order valence-electron chi connectivity index (χ4n) is 3.82. The van der Waals surface area contributed by atoms with Gasteiger partial charge < -0.3 is 14.5 Å². The molecule has 1 amide bonds. The van der Waals surface area contributed by atoms with Crippen LogP contribution in [0.4, 0.5) is 10.8 Å². The van der Waals surface area contributed by atoms with Crippen molar-refractivity contribution >= 4 is 49.6 Å². The van der Waals surface area contributed by atoms with Crippen LogP contribution in [-0.2, 0) is 9.53 Å². The van der Waals surface area contributed by atoms with Crippen molar-refractivity contribution in [3.8, 4) is 21.8 Å². The summed E-state index contributed by atoms with van der Waals surface area (Å²) in [6, 6.07) is 5.97. The number of rotatable bonds is 4. The van der Waals surface area contributed by atoms with Crippen molar-refractivity contribution < 1.29 is 9.53 Å². The minimum atomic E-state index is 0.0140. The highest BCUT2D eigenvalue weighted by Gasteiger charge is 2.25. The number of hydrogen-bond acceptors (Lipinski definition) is 8. The van der Waals surface area contributed by atoms with Crippen molar-refractivity contribution in [3.05, 3.63) is 41.5 Å². The van der Waals surface area contributed by atoms with E-state index < -0.39 is 0 Å². The maximum Gasteiger partial charge on any atom is 0.224 e. The van der Waals surface area contributed by atoms with Crippen LogP contribution in [0, 0.1) is 6.92 Å². The molecule has 0 unspecified atom stereocenters. The highest BCUT2D eigenvalue weighted by molar-refractivity contribution is 7.23. The summed E-state index contributed by atoms with van der Waals surface area (Å²) in [4.78, 5) is 31.3. The number of thiophene rings is 2. The number of fused-ring (bicyclic) bond motifs is 1. The second-order valence-corrected chi connectivity index (χ2v) is 9.58. The molecule has 4 aromatic heterocycles. The number of aryl methyl sites for hydroxylation is 1. The summed E-state index contributed by atoms with van der Waals surface area (Å²) in [6.45, 7) is 6.64. The molecule has 0 atom stereocenters. The van der Waals surface area contributed by atoms with E-state index in [1.165, 1.54) is 0 Å². The molecule has 1 aliphatic heterocycles. The highest BCUT2D eigenvalue weighted by atomic mass is 32.1. The van der Waals surface area contributed by atoms with Gasteiger partial charge in [-0.25, -0.2) is 9.97 Å². The molecule has 1 fully saturated rings. The van der Waals surface area contributed by atoms with Crippen LogP contribution >= 0.6 is 22.7 Å². The predicted molar refractivity (Wildman–Crippen MR) is 131 cm³/mol. The Hall–Kier alpha value is -2.88. The summed E-state index contributed by atoms with van der Waals surface area (Å²) in [5.74, 6) is 1.62. The molecule has 4 aromatic rings. The van der Waals surface area contributed by atoms with E-state index in [1.54, 1.807) is 46.9 Å². The first-order valence-electron chi connectivity index (χ1n) is 10.4. The van der Waals surface area contributed by atoms with Gasteiger partial charge >= 0.3 is 0 Å². The lowest BCUT2D eigenvalue weighted by molar-refractivity contribution is -0.116. The van der Waals surface area contributed by atoms with Crippen LogP contribution in [0.3, 0.4) is 0 Å². The lowest BCUT2D eigenvalue weighted by Gasteiger charge is -2.28. The van der Waals surface area contributed by atoms with E-state index >= 15 is 0 Å². The molecule has 0 saturated carbocycles. The zero-order valence-electron chi connectivity index (χ0n) is 18.2. The van der Waals surface area contributed by atoms with Crippen molar-refractivity contribution in [2.45, 2.75) is 13.8 Å². The smallest absolute Gasteiger partial charge is 0.224 e. The van der Waals surface area contributed by atoms with Gasteiger partial charge in [0.2, 0.25) is 5.91 Å². The average molecular weight is 466 g/mol. The summed E-state index contributed by atoms with van der Waals surface area (Å²) < 4.78 is 6.64. The maximum atomic E-state index is 12.0. The topological polar surface area (TPSA) is 71.5 Å². The Morgan fingerprint density at radius 3 is 2.75 bits per heavy atom. The molecule has 5 rings (SSSR count). The van der Waals surface area contributed by atoms with E-state index in [4.69, 9.17) is 14.7 Å². The minimum absolute atomic E-state index is 0.0140. The molecule has 32 heavy (non-hydrogen) atoms. The molecule has 7 nitrogen and oxygen atoms in total. The molecule has 0 N–H and O–H groups in total. The number of amides is 1. The molecule has 0 spiro atoms. The fraction of sp³-hybridized carbons (Fsp3) is 0.304. The molecule has 0 bridgehead atoms. The fourth-order valence-corrected chi connectivity index (χ4v) is 6.09. The molecule has 0 radical (unpaired) electrons. The molecule has 0 aromatic carbocycles. The van der Waals surface area contributed by atoms with Gasteiger partial charge in [-0.2, -0.15) is 0 Å². The van der Waals surface area contributed by atoms with E-state index in [9.17, 15) is 4.79 Å². The largest absolute Gasteiger partial charge is 0.378 e. The van der Waals surface area contributed by atoms with E-state index in [-0.39, 0.29) is 5.91 Å². The van der Waals surface area contributed by atoms with E-state index in [2.05, 4.69) is 22.9 Å². The van der Waals surface area contributed by atoms with Gasteiger partial charge in [-0.1, -0.05) is 0 Å². The number of anilines is 2. The van der Waals surface area contributed by atoms with Crippen molar-refractivity contribution in [1.29, 1.82) is 0 Å².